The molecule has 2 heterocycles. The van der Waals surface area contributed by atoms with E-state index in [0.717, 1.165) is 61.3 Å². The van der Waals surface area contributed by atoms with Crippen molar-refractivity contribution in [2.75, 3.05) is 4.90 Å². The fraction of sp³-hybridized carbons (Fsp3) is 0.0137. The molecule has 0 saturated carbocycles. The summed E-state index contributed by atoms with van der Waals surface area (Å²) in [6, 6.07) is 103. The number of nitrogens with zero attached hydrogens (tertiary/aromatic N) is 2. The molecule has 0 aliphatic heterocycles. The highest BCUT2D eigenvalue weighted by Gasteiger charge is 2.52. The summed E-state index contributed by atoms with van der Waals surface area (Å²) in [6.07, 6.45) is 0. The summed E-state index contributed by atoms with van der Waals surface area (Å²) in [5, 5.41) is 4.59. The molecule has 12 aromatic carbocycles. The van der Waals surface area contributed by atoms with Gasteiger partial charge in [0.1, 0.15) is 11.2 Å². The molecule has 0 atom stereocenters. The van der Waals surface area contributed by atoms with Crippen LogP contribution in [0.5, 0.6) is 0 Å². The Hall–Kier alpha value is -9.96. The van der Waals surface area contributed by atoms with Crippen LogP contribution in [-0.4, -0.2) is 4.57 Å². The molecule has 0 radical (unpaired) electrons. The van der Waals surface area contributed by atoms with Crippen molar-refractivity contribution in [3.63, 3.8) is 0 Å². The molecular weight excluding hydrogens is 921 g/mol. The van der Waals surface area contributed by atoms with Gasteiger partial charge in [0.25, 0.3) is 0 Å². The standard InChI is InChI=1S/C73H46N2O/c1-4-19-47(20-5-1)50-43-51(48-21-6-2-7-22-48)45-52(44-50)49-35-37-54(38-36-49)74(66-33-18-32-65-70(66)60-27-12-16-31-64(60)73(65)62-29-14-10-25-56(62)57-26-11-15-30-63(57)73)55-39-40-58-59-41-42-69-71(61-28-13-17-34-68(61)76-69)72(59)75(67(58)46-55)53-23-8-3-9-24-53/h1-46H. The minimum absolute atomic E-state index is 0.493. The third kappa shape index (κ3) is 6.11. The second kappa shape index (κ2) is 16.5. The van der Waals surface area contributed by atoms with Gasteiger partial charge in [0, 0.05) is 38.8 Å². The zero-order valence-corrected chi connectivity index (χ0v) is 41.4. The summed E-state index contributed by atoms with van der Waals surface area (Å²) in [4.78, 5) is 2.51. The summed E-state index contributed by atoms with van der Waals surface area (Å²) in [7, 11) is 0. The Morgan fingerprint density at radius 2 is 0.842 bits per heavy atom. The van der Waals surface area contributed by atoms with Gasteiger partial charge in [-0.25, -0.2) is 0 Å². The van der Waals surface area contributed by atoms with E-state index in [2.05, 4.69) is 289 Å². The number of furan rings is 1. The summed E-state index contributed by atoms with van der Waals surface area (Å²) in [5.41, 5.74) is 25.3. The van der Waals surface area contributed by atoms with Gasteiger partial charge in [-0.15, -0.1) is 0 Å². The lowest BCUT2D eigenvalue weighted by molar-refractivity contribution is 0.669. The number of hydrogen-bond donors (Lipinski definition) is 0. The van der Waals surface area contributed by atoms with Crippen LogP contribution in [0.25, 0.3) is 105 Å². The fourth-order valence-electron chi connectivity index (χ4n) is 13.2. The highest BCUT2D eigenvalue weighted by atomic mass is 16.3. The van der Waals surface area contributed by atoms with E-state index in [9.17, 15) is 0 Å². The molecule has 3 heteroatoms. The molecule has 76 heavy (non-hydrogen) atoms. The number of hydrogen-bond acceptors (Lipinski definition) is 2. The number of aromatic nitrogens is 1. The smallest absolute Gasteiger partial charge is 0.137 e. The van der Waals surface area contributed by atoms with Crippen molar-refractivity contribution in [1.29, 1.82) is 0 Å². The molecule has 2 aliphatic carbocycles. The van der Waals surface area contributed by atoms with Gasteiger partial charge in [-0.1, -0.05) is 200 Å². The minimum Gasteiger partial charge on any atom is -0.456 e. The Morgan fingerprint density at radius 3 is 1.50 bits per heavy atom. The first-order valence-corrected chi connectivity index (χ1v) is 26.2. The molecule has 1 spiro atoms. The Morgan fingerprint density at radius 1 is 0.329 bits per heavy atom. The molecule has 14 aromatic rings. The maximum absolute atomic E-state index is 6.56. The molecule has 2 aromatic heterocycles. The predicted molar refractivity (Wildman–Crippen MR) is 315 cm³/mol. The van der Waals surface area contributed by atoms with Crippen LogP contribution in [0.4, 0.5) is 17.1 Å². The molecule has 0 amide bonds. The van der Waals surface area contributed by atoms with Gasteiger partial charge in [0.05, 0.1) is 27.5 Å². The van der Waals surface area contributed by atoms with Crippen LogP contribution in [0.2, 0.25) is 0 Å². The van der Waals surface area contributed by atoms with Crippen molar-refractivity contribution >= 4 is 60.8 Å². The van der Waals surface area contributed by atoms with Gasteiger partial charge in [-0.2, -0.15) is 0 Å². The normalized spacial score (nSPS) is 12.8. The molecule has 0 unspecified atom stereocenters. The highest BCUT2D eigenvalue weighted by Crippen LogP contribution is 2.64. The zero-order valence-electron chi connectivity index (χ0n) is 41.4. The first kappa shape index (κ1) is 42.5. The van der Waals surface area contributed by atoms with E-state index < -0.39 is 5.41 Å². The molecule has 2 aliphatic rings. The second-order valence-electron chi connectivity index (χ2n) is 20.3. The Kier molecular flexibility index (Phi) is 9.25. The molecule has 0 fully saturated rings. The van der Waals surface area contributed by atoms with Crippen molar-refractivity contribution < 1.29 is 4.42 Å². The highest BCUT2D eigenvalue weighted by molar-refractivity contribution is 6.25. The number of anilines is 3. The van der Waals surface area contributed by atoms with Crippen LogP contribution in [-0.2, 0) is 5.41 Å². The molecule has 16 rings (SSSR count). The van der Waals surface area contributed by atoms with Crippen molar-refractivity contribution in [2.45, 2.75) is 5.41 Å². The first-order valence-electron chi connectivity index (χ1n) is 26.2. The maximum Gasteiger partial charge on any atom is 0.137 e. The Balaban J connectivity index is 0.957. The molecule has 0 bridgehead atoms. The van der Waals surface area contributed by atoms with Gasteiger partial charge in [-0.05, 0) is 151 Å². The van der Waals surface area contributed by atoms with Crippen LogP contribution in [0.3, 0.4) is 0 Å². The molecular formula is C73H46N2O. The van der Waals surface area contributed by atoms with E-state index in [4.69, 9.17) is 4.42 Å². The Bertz CT molecular complexity index is 4520. The van der Waals surface area contributed by atoms with Gasteiger partial charge in [0.15, 0.2) is 0 Å². The maximum atomic E-state index is 6.56. The van der Waals surface area contributed by atoms with Crippen molar-refractivity contribution in [3.05, 3.63) is 301 Å². The van der Waals surface area contributed by atoms with E-state index in [1.807, 2.05) is 0 Å². The number of rotatable bonds is 7. The topological polar surface area (TPSA) is 21.3 Å². The van der Waals surface area contributed by atoms with E-state index in [0.29, 0.717) is 0 Å². The van der Waals surface area contributed by atoms with Crippen LogP contribution in [0.15, 0.2) is 283 Å². The molecule has 0 N–H and O–H groups in total. The summed E-state index contributed by atoms with van der Waals surface area (Å²) in [5.74, 6) is 0. The third-order valence-corrected chi connectivity index (χ3v) is 16.4. The van der Waals surface area contributed by atoms with E-state index >= 15 is 0 Å². The fourth-order valence-corrected chi connectivity index (χ4v) is 13.2. The Labute approximate surface area is 440 Å². The van der Waals surface area contributed by atoms with Crippen LogP contribution >= 0.6 is 0 Å². The SMILES string of the molecule is c1ccc(-c2cc(-c3ccccc3)cc(-c3ccc(N(c4ccc5c6ccc7oc8ccccc8c7c6n(-c6ccccc6)c5c4)c4cccc5c4-c4ccccc4C54c5ccccc5-c5ccccc54)cc3)c2)cc1. The molecule has 0 saturated heterocycles. The second-order valence-corrected chi connectivity index (χ2v) is 20.3. The van der Waals surface area contributed by atoms with Gasteiger partial charge >= 0.3 is 0 Å². The summed E-state index contributed by atoms with van der Waals surface area (Å²) < 4.78 is 9.01. The number of benzene rings is 12. The van der Waals surface area contributed by atoms with E-state index in [-0.39, 0.29) is 0 Å². The minimum atomic E-state index is -0.493. The van der Waals surface area contributed by atoms with Crippen LogP contribution in [0.1, 0.15) is 22.3 Å². The number of para-hydroxylation sites is 2. The van der Waals surface area contributed by atoms with E-state index in [1.165, 1.54) is 83.1 Å². The average Bonchev–Trinajstić information content (AvgIpc) is 4.39. The quantitative estimate of drug-likeness (QED) is 0.159. The monoisotopic (exact) mass is 966 g/mol. The molecule has 354 valence electrons. The predicted octanol–water partition coefficient (Wildman–Crippen LogP) is 19.5. The summed E-state index contributed by atoms with van der Waals surface area (Å²) >= 11 is 0. The first-order chi connectivity index (χ1) is 37.7. The van der Waals surface area contributed by atoms with Crippen molar-refractivity contribution in [3.8, 4) is 61.3 Å². The van der Waals surface area contributed by atoms with Gasteiger partial charge in [-0.3, -0.25) is 0 Å². The lowest BCUT2D eigenvalue weighted by atomic mass is 9.70. The largest absolute Gasteiger partial charge is 0.456 e. The van der Waals surface area contributed by atoms with Gasteiger partial charge in [0.2, 0.25) is 0 Å². The average molecular weight is 967 g/mol. The van der Waals surface area contributed by atoms with Crippen molar-refractivity contribution in [1.82, 2.24) is 4.57 Å². The van der Waals surface area contributed by atoms with E-state index in [1.54, 1.807) is 0 Å². The number of fused-ring (bicyclic) bond motifs is 17. The van der Waals surface area contributed by atoms with Crippen molar-refractivity contribution in [2.24, 2.45) is 0 Å². The lowest BCUT2D eigenvalue weighted by Gasteiger charge is -2.32. The zero-order chi connectivity index (χ0) is 49.9. The van der Waals surface area contributed by atoms with Gasteiger partial charge < -0.3 is 13.9 Å². The third-order valence-electron chi connectivity index (χ3n) is 16.4. The lowest BCUT2D eigenvalue weighted by Crippen LogP contribution is -2.26. The van der Waals surface area contributed by atoms with Crippen LogP contribution < -0.4 is 4.90 Å². The molecule has 3 nitrogen and oxygen atoms in total. The summed E-state index contributed by atoms with van der Waals surface area (Å²) in [6.45, 7) is 0. The van der Waals surface area contributed by atoms with Crippen LogP contribution in [0, 0.1) is 0 Å².